The van der Waals surface area contributed by atoms with E-state index in [0.29, 0.717) is 13.2 Å². The van der Waals surface area contributed by atoms with Crippen molar-refractivity contribution >= 4 is 40.9 Å². The van der Waals surface area contributed by atoms with E-state index in [1.54, 1.807) is 18.3 Å². The molecular weight excluding hydrogens is 528 g/mol. The van der Waals surface area contributed by atoms with Crippen LogP contribution in [0.3, 0.4) is 0 Å². The molecule has 1 unspecified atom stereocenters. The summed E-state index contributed by atoms with van der Waals surface area (Å²) in [6.45, 7) is 5.68. The van der Waals surface area contributed by atoms with Crippen molar-refractivity contribution in [3.05, 3.63) is 82.7 Å². The van der Waals surface area contributed by atoms with Gasteiger partial charge in [-0.1, -0.05) is 36.3 Å². The Morgan fingerprint density at radius 1 is 1.10 bits per heavy atom. The van der Waals surface area contributed by atoms with E-state index in [1.807, 2.05) is 36.4 Å². The lowest BCUT2D eigenvalue weighted by atomic mass is 9.95. The highest BCUT2D eigenvalue weighted by Crippen LogP contribution is 2.38. The standard InChI is InChI=1S/C32H30O5S.H2S/c1-3-4-24(16-32(33)34)23-7-5-22(6-8-23)18-36-25-10-12-31-29(17-25)30(20-38-31)28-11-9-26(15-21(28)2)37-27-13-14-35-19-27;/h5-12,15,17,20,24,27H,13-14,16,18-19H2,1-2H3,(H,33,34);1H2/t24-,27?;/m0./s1. The summed E-state index contributed by atoms with van der Waals surface area (Å²) in [4.78, 5) is 11.2. The Labute approximate surface area is 240 Å². The van der Waals surface area contributed by atoms with E-state index < -0.39 is 5.97 Å². The Morgan fingerprint density at radius 2 is 1.90 bits per heavy atom. The molecule has 1 aliphatic heterocycles. The zero-order valence-corrected chi connectivity index (χ0v) is 23.8. The minimum atomic E-state index is -0.855. The van der Waals surface area contributed by atoms with Crippen molar-refractivity contribution in [2.24, 2.45) is 0 Å². The van der Waals surface area contributed by atoms with Crippen LogP contribution in [0, 0.1) is 18.8 Å². The first-order chi connectivity index (χ1) is 18.5. The largest absolute Gasteiger partial charge is 0.489 e. The van der Waals surface area contributed by atoms with Crippen LogP contribution in [-0.2, 0) is 16.1 Å². The number of carbonyl (C=O) groups is 1. The van der Waals surface area contributed by atoms with Crippen LogP contribution in [0.4, 0.5) is 0 Å². The molecule has 3 aromatic carbocycles. The molecule has 0 aliphatic carbocycles. The number of hydrogen-bond acceptors (Lipinski definition) is 5. The summed E-state index contributed by atoms with van der Waals surface area (Å²) in [7, 11) is 0. The lowest BCUT2D eigenvalue weighted by Gasteiger charge is -2.14. The molecule has 0 spiro atoms. The van der Waals surface area contributed by atoms with Gasteiger partial charge in [0.05, 0.1) is 25.6 Å². The molecule has 0 radical (unpaired) electrons. The number of rotatable bonds is 9. The van der Waals surface area contributed by atoms with Crippen LogP contribution >= 0.6 is 24.8 Å². The molecule has 0 bridgehead atoms. The number of aryl methyl sites for hydroxylation is 1. The second kappa shape index (κ2) is 13.1. The van der Waals surface area contributed by atoms with Gasteiger partial charge >= 0.3 is 5.97 Å². The number of aliphatic carboxylic acids is 1. The van der Waals surface area contributed by atoms with Gasteiger partial charge in [-0.25, -0.2) is 0 Å². The molecule has 202 valence electrons. The number of carboxylic acid groups (broad SMARTS) is 1. The lowest BCUT2D eigenvalue weighted by Crippen LogP contribution is -2.15. The first kappa shape index (κ1) is 28.6. The topological polar surface area (TPSA) is 65.0 Å². The summed E-state index contributed by atoms with van der Waals surface area (Å²) < 4.78 is 18.9. The maximum absolute atomic E-state index is 11.2. The predicted molar refractivity (Wildman–Crippen MR) is 161 cm³/mol. The van der Waals surface area contributed by atoms with Crippen molar-refractivity contribution in [3.8, 4) is 34.5 Å². The second-order valence-electron chi connectivity index (χ2n) is 9.46. The molecule has 5 rings (SSSR count). The van der Waals surface area contributed by atoms with Crippen molar-refractivity contribution in [1.29, 1.82) is 0 Å². The monoisotopic (exact) mass is 560 g/mol. The maximum atomic E-state index is 11.2. The first-order valence-corrected chi connectivity index (χ1v) is 13.6. The highest BCUT2D eigenvalue weighted by molar-refractivity contribution is 7.59. The zero-order valence-electron chi connectivity index (χ0n) is 22.0. The molecule has 2 atom stereocenters. The number of carboxylic acids is 1. The van der Waals surface area contributed by atoms with Gasteiger partial charge in [-0.2, -0.15) is 13.5 Å². The van der Waals surface area contributed by atoms with Crippen molar-refractivity contribution in [2.45, 2.75) is 45.3 Å². The number of benzene rings is 3. The third-order valence-corrected chi connectivity index (χ3v) is 7.67. The minimum Gasteiger partial charge on any atom is -0.489 e. The van der Waals surface area contributed by atoms with Gasteiger partial charge in [0, 0.05) is 22.1 Å². The van der Waals surface area contributed by atoms with Gasteiger partial charge < -0.3 is 19.3 Å². The summed E-state index contributed by atoms with van der Waals surface area (Å²) in [5, 5.41) is 12.5. The van der Waals surface area contributed by atoms with Crippen LogP contribution in [0.15, 0.2) is 66.0 Å². The molecule has 1 saturated heterocycles. The highest BCUT2D eigenvalue weighted by atomic mass is 32.1. The van der Waals surface area contributed by atoms with E-state index >= 15 is 0 Å². The molecule has 39 heavy (non-hydrogen) atoms. The third-order valence-electron chi connectivity index (χ3n) is 6.71. The lowest BCUT2D eigenvalue weighted by molar-refractivity contribution is -0.137. The van der Waals surface area contributed by atoms with Gasteiger partial charge in [-0.15, -0.1) is 17.3 Å². The van der Waals surface area contributed by atoms with Crippen LogP contribution < -0.4 is 9.47 Å². The number of ether oxygens (including phenoxy) is 3. The fraction of sp³-hybridized carbons (Fsp3) is 0.281. The Balaban J connectivity index is 0.00000353. The Bertz CT molecular complexity index is 1490. The number of thiophene rings is 1. The average Bonchev–Trinajstić information content (AvgIpc) is 3.57. The third kappa shape index (κ3) is 6.96. The number of hydrogen-bond donors (Lipinski definition) is 1. The Morgan fingerprint density at radius 3 is 2.59 bits per heavy atom. The van der Waals surface area contributed by atoms with E-state index in [0.717, 1.165) is 35.7 Å². The van der Waals surface area contributed by atoms with E-state index in [-0.39, 0.29) is 31.9 Å². The highest BCUT2D eigenvalue weighted by Gasteiger charge is 2.18. The zero-order chi connectivity index (χ0) is 26.5. The maximum Gasteiger partial charge on any atom is 0.304 e. The van der Waals surface area contributed by atoms with E-state index in [9.17, 15) is 9.90 Å². The van der Waals surface area contributed by atoms with Crippen molar-refractivity contribution in [2.75, 3.05) is 13.2 Å². The molecule has 0 saturated carbocycles. The Kier molecular flexibility index (Phi) is 9.58. The van der Waals surface area contributed by atoms with E-state index in [4.69, 9.17) is 14.2 Å². The molecule has 7 heteroatoms. The smallest absolute Gasteiger partial charge is 0.304 e. The SMILES string of the molecule is CC#C[C@@H](CC(=O)O)c1ccc(COc2ccc3scc(-c4ccc(OC5CCOC5)cc4C)c3c2)cc1.S. The van der Waals surface area contributed by atoms with Crippen molar-refractivity contribution < 1.29 is 24.1 Å². The number of fused-ring (bicyclic) bond motifs is 1. The van der Waals surface area contributed by atoms with Gasteiger partial charge in [-0.3, -0.25) is 4.79 Å². The Hall–Kier alpha value is -3.44. The summed E-state index contributed by atoms with van der Waals surface area (Å²) in [6, 6.07) is 20.3. The van der Waals surface area contributed by atoms with Gasteiger partial charge in [-0.05, 0) is 71.8 Å². The molecular formula is C32H32O5S2. The van der Waals surface area contributed by atoms with Crippen LogP contribution in [0.5, 0.6) is 11.5 Å². The molecule has 1 N–H and O–H groups in total. The van der Waals surface area contributed by atoms with Crippen LogP contribution in [0.2, 0.25) is 0 Å². The van der Waals surface area contributed by atoms with Crippen LogP contribution in [-0.4, -0.2) is 30.4 Å². The van der Waals surface area contributed by atoms with Crippen LogP contribution in [0.25, 0.3) is 21.2 Å². The normalized spacial score (nSPS) is 15.2. The summed E-state index contributed by atoms with van der Waals surface area (Å²) in [5.74, 6) is 6.35. The molecule has 1 aliphatic rings. The summed E-state index contributed by atoms with van der Waals surface area (Å²) >= 11 is 1.73. The quantitative estimate of drug-likeness (QED) is 0.217. The van der Waals surface area contributed by atoms with E-state index in [1.165, 1.54) is 26.8 Å². The van der Waals surface area contributed by atoms with Gasteiger partial charge in [0.2, 0.25) is 0 Å². The summed E-state index contributed by atoms with van der Waals surface area (Å²) in [5.41, 5.74) is 5.45. The van der Waals surface area contributed by atoms with Crippen LogP contribution in [0.1, 0.15) is 42.4 Å². The molecule has 0 amide bonds. The molecule has 1 fully saturated rings. The van der Waals surface area contributed by atoms with Gasteiger partial charge in [0.15, 0.2) is 0 Å². The summed E-state index contributed by atoms with van der Waals surface area (Å²) in [6.07, 6.45) is 1.06. The molecule has 2 heterocycles. The fourth-order valence-electron chi connectivity index (χ4n) is 4.73. The fourth-order valence-corrected chi connectivity index (χ4v) is 5.67. The van der Waals surface area contributed by atoms with Crippen molar-refractivity contribution in [3.63, 3.8) is 0 Å². The second-order valence-corrected chi connectivity index (χ2v) is 10.4. The van der Waals surface area contributed by atoms with Gasteiger partial charge in [0.1, 0.15) is 24.2 Å². The minimum absolute atomic E-state index is 0. The molecule has 5 nitrogen and oxygen atoms in total. The van der Waals surface area contributed by atoms with Gasteiger partial charge in [0.25, 0.3) is 0 Å². The molecule has 4 aromatic rings. The first-order valence-electron chi connectivity index (χ1n) is 12.7. The molecule has 1 aromatic heterocycles. The van der Waals surface area contributed by atoms with Crippen molar-refractivity contribution in [1.82, 2.24) is 0 Å². The van der Waals surface area contributed by atoms with E-state index in [2.05, 4.69) is 48.4 Å². The predicted octanol–water partition coefficient (Wildman–Crippen LogP) is 7.32. The average molecular weight is 561 g/mol.